The number of hydrogen-bond acceptors (Lipinski definition) is 2. The van der Waals surface area contributed by atoms with Crippen molar-refractivity contribution < 1.29 is 4.74 Å². The monoisotopic (exact) mass is 260 g/mol. The van der Waals surface area contributed by atoms with Crippen LogP contribution >= 0.6 is 15.9 Å². The van der Waals surface area contributed by atoms with E-state index in [0.29, 0.717) is 4.83 Å². The minimum absolute atomic E-state index is 0.466. The summed E-state index contributed by atoms with van der Waals surface area (Å²) in [4.78, 5) is 4.74. The molecule has 14 heavy (non-hydrogen) atoms. The van der Waals surface area contributed by atoms with Gasteiger partial charge in [0.15, 0.2) is 0 Å². The highest BCUT2D eigenvalue weighted by molar-refractivity contribution is 9.09. The van der Waals surface area contributed by atoms with Crippen LogP contribution in [0.4, 0.5) is 0 Å². The molecule has 1 atom stereocenters. The molecule has 1 aromatic rings. The van der Waals surface area contributed by atoms with E-state index in [9.17, 15) is 0 Å². The third-order valence-corrected chi connectivity index (χ3v) is 2.91. The molecule has 0 amide bonds. The Labute approximate surface area is 93.6 Å². The summed E-state index contributed by atoms with van der Waals surface area (Å²) in [6, 6.07) is 0. The topological polar surface area (TPSA) is 27.1 Å². The van der Waals surface area contributed by atoms with Crippen LogP contribution < -0.4 is 0 Å². The summed E-state index contributed by atoms with van der Waals surface area (Å²) in [5, 5.41) is 0. The summed E-state index contributed by atoms with van der Waals surface area (Å²) >= 11 is 3.57. The fraction of sp³-hybridized carbons (Fsp3) is 0.700. The number of nitrogens with zero attached hydrogens (tertiary/aromatic N) is 2. The van der Waals surface area contributed by atoms with Crippen molar-refractivity contribution in [3.05, 3.63) is 18.2 Å². The average Bonchev–Trinajstić information content (AvgIpc) is 2.52. The number of alkyl halides is 1. The normalized spacial score (nSPS) is 13.1. The molecule has 0 aliphatic heterocycles. The van der Waals surface area contributed by atoms with Gasteiger partial charge in [-0.2, -0.15) is 0 Å². The fourth-order valence-corrected chi connectivity index (χ4v) is 1.97. The quantitative estimate of drug-likeness (QED) is 0.734. The van der Waals surface area contributed by atoms with E-state index in [4.69, 9.17) is 4.74 Å². The lowest BCUT2D eigenvalue weighted by Crippen LogP contribution is -2.07. The number of imidazole rings is 1. The molecule has 0 aromatic carbocycles. The molecule has 0 N–H and O–H groups in total. The van der Waals surface area contributed by atoms with Gasteiger partial charge in [-0.1, -0.05) is 15.9 Å². The Bertz CT molecular complexity index is 262. The Morgan fingerprint density at radius 2 is 2.43 bits per heavy atom. The van der Waals surface area contributed by atoms with Gasteiger partial charge >= 0.3 is 0 Å². The maximum absolute atomic E-state index is 5.05. The molecule has 1 aromatic heterocycles. The van der Waals surface area contributed by atoms with Crippen molar-refractivity contribution in [2.45, 2.75) is 24.1 Å². The zero-order valence-electron chi connectivity index (χ0n) is 8.74. The standard InChI is InChI=1S/C10H17BrN2O/c1-13-7-6-12-10(13)5-3-4-9(11)8-14-2/h6-7,9H,3-5,8H2,1-2H3. The third kappa shape index (κ3) is 3.80. The second-order valence-corrected chi connectivity index (χ2v) is 4.69. The van der Waals surface area contributed by atoms with Crippen LogP contribution in [0.25, 0.3) is 0 Å². The van der Waals surface area contributed by atoms with Gasteiger partial charge < -0.3 is 9.30 Å². The van der Waals surface area contributed by atoms with Gasteiger partial charge in [0.1, 0.15) is 5.82 Å². The maximum atomic E-state index is 5.05. The molecule has 0 aliphatic rings. The molecule has 3 nitrogen and oxygen atoms in total. The number of methoxy groups -OCH3 is 1. The van der Waals surface area contributed by atoms with Gasteiger partial charge in [0, 0.05) is 37.8 Å². The van der Waals surface area contributed by atoms with Gasteiger partial charge in [-0.3, -0.25) is 0 Å². The highest BCUT2D eigenvalue weighted by Crippen LogP contribution is 2.10. The van der Waals surface area contributed by atoms with Crippen molar-refractivity contribution in [1.29, 1.82) is 0 Å². The first-order chi connectivity index (χ1) is 6.74. The van der Waals surface area contributed by atoms with Gasteiger partial charge in [-0.15, -0.1) is 0 Å². The molecule has 1 heterocycles. The Balaban J connectivity index is 2.19. The summed E-state index contributed by atoms with van der Waals surface area (Å²) in [5.74, 6) is 1.15. The number of aromatic nitrogens is 2. The first-order valence-electron chi connectivity index (χ1n) is 4.83. The molecule has 0 bridgehead atoms. The molecule has 1 rings (SSSR count). The van der Waals surface area contributed by atoms with Crippen molar-refractivity contribution in [2.24, 2.45) is 7.05 Å². The lowest BCUT2D eigenvalue weighted by Gasteiger charge is -2.07. The number of aryl methyl sites for hydroxylation is 2. The lowest BCUT2D eigenvalue weighted by atomic mass is 10.2. The van der Waals surface area contributed by atoms with Gasteiger partial charge in [-0.05, 0) is 12.8 Å². The second-order valence-electron chi connectivity index (χ2n) is 3.40. The van der Waals surface area contributed by atoms with Crippen LogP contribution in [0, 0.1) is 0 Å². The minimum atomic E-state index is 0.466. The van der Waals surface area contributed by atoms with Crippen molar-refractivity contribution >= 4 is 15.9 Å². The van der Waals surface area contributed by atoms with Crippen LogP contribution in [0.5, 0.6) is 0 Å². The number of hydrogen-bond donors (Lipinski definition) is 0. The van der Waals surface area contributed by atoms with Gasteiger partial charge in [-0.25, -0.2) is 4.98 Å². The summed E-state index contributed by atoms with van der Waals surface area (Å²) in [6.07, 6.45) is 7.13. The van der Waals surface area contributed by atoms with E-state index in [0.717, 1.165) is 31.7 Å². The van der Waals surface area contributed by atoms with Crippen LogP contribution in [-0.4, -0.2) is 28.1 Å². The molecule has 0 saturated heterocycles. The third-order valence-electron chi connectivity index (χ3n) is 2.19. The predicted octanol–water partition coefficient (Wildman–Crippen LogP) is 2.15. The van der Waals surface area contributed by atoms with Crippen molar-refractivity contribution in [3.8, 4) is 0 Å². The Kier molecular flexibility index (Phi) is 5.19. The number of rotatable bonds is 6. The van der Waals surface area contributed by atoms with Crippen LogP contribution in [0.3, 0.4) is 0 Å². The summed E-state index contributed by atoms with van der Waals surface area (Å²) < 4.78 is 7.12. The predicted molar refractivity (Wildman–Crippen MR) is 60.7 cm³/mol. The lowest BCUT2D eigenvalue weighted by molar-refractivity contribution is 0.198. The molecular weight excluding hydrogens is 244 g/mol. The van der Waals surface area contributed by atoms with Crippen molar-refractivity contribution in [2.75, 3.05) is 13.7 Å². The Morgan fingerprint density at radius 1 is 1.64 bits per heavy atom. The smallest absolute Gasteiger partial charge is 0.108 e. The van der Waals surface area contributed by atoms with E-state index in [1.165, 1.54) is 0 Å². The first kappa shape index (κ1) is 11.7. The van der Waals surface area contributed by atoms with Crippen LogP contribution in [0.1, 0.15) is 18.7 Å². The molecule has 0 radical (unpaired) electrons. The maximum Gasteiger partial charge on any atom is 0.108 e. The minimum Gasteiger partial charge on any atom is -0.384 e. The Hall–Kier alpha value is -0.350. The molecule has 4 heteroatoms. The summed E-state index contributed by atoms with van der Waals surface area (Å²) in [6.45, 7) is 0.778. The molecular formula is C10H17BrN2O. The SMILES string of the molecule is COCC(Br)CCCc1nccn1C. The molecule has 0 spiro atoms. The Morgan fingerprint density at radius 3 is 3.00 bits per heavy atom. The fourth-order valence-electron chi connectivity index (χ4n) is 1.38. The van der Waals surface area contributed by atoms with E-state index < -0.39 is 0 Å². The van der Waals surface area contributed by atoms with E-state index >= 15 is 0 Å². The van der Waals surface area contributed by atoms with Gasteiger partial charge in [0.25, 0.3) is 0 Å². The van der Waals surface area contributed by atoms with Gasteiger partial charge in [0.05, 0.1) is 6.61 Å². The van der Waals surface area contributed by atoms with Gasteiger partial charge in [0.2, 0.25) is 0 Å². The highest BCUT2D eigenvalue weighted by Gasteiger charge is 2.04. The molecule has 80 valence electrons. The highest BCUT2D eigenvalue weighted by atomic mass is 79.9. The molecule has 0 saturated carbocycles. The first-order valence-corrected chi connectivity index (χ1v) is 5.75. The van der Waals surface area contributed by atoms with Crippen LogP contribution in [0.15, 0.2) is 12.4 Å². The van der Waals surface area contributed by atoms with Crippen LogP contribution in [0.2, 0.25) is 0 Å². The van der Waals surface area contributed by atoms with Crippen molar-refractivity contribution in [1.82, 2.24) is 9.55 Å². The van der Waals surface area contributed by atoms with E-state index in [1.54, 1.807) is 7.11 Å². The average molecular weight is 261 g/mol. The zero-order chi connectivity index (χ0) is 10.4. The summed E-state index contributed by atoms with van der Waals surface area (Å²) in [5.41, 5.74) is 0. The van der Waals surface area contributed by atoms with E-state index in [-0.39, 0.29) is 0 Å². The molecule has 0 aliphatic carbocycles. The molecule has 1 unspecified atom stereocenters. The second kappa shape index (κ2) is 6.19. The number of ether oxygens (including phenoxy) is 1. The van der Waals surface area contributed by atoms with E-state index in [2.05, 4.69) is 25.5 Å². The summed E-state index contributed by atoms with van der Waals surface area (Å²) in [7, 11) is 3.76. The number of halogens is 1. The van der Waals surface area contributed by atoms with E-state index in [1.807, 2.05) is 19.4 Å². The zero-order valence-corrected chi connectivity index (χ0v) is 10.3. The molecule has 0 fully saturated rings. The van der Waals surface area contributed by atoms with Crippen molar-refractivity contribution in [3.63, 3.8) is 0 Å². The largest absolute Gasteiger partial charge is 0.384 e. The van der Waals surface area contributed by atoms with Crippen LogP contribution in [-0.2, 0) is 18.2 Å².